The Labute approximate surface area is 192 Å². The zero-order valence-corrected chi connectivity index (χ0v) is 18.7. The lowest BCUT2D eigenvalue weighted by Gasteiger charge is -2.12. The van der Waals surface area contributed by atoms with E-state index in [1.165, 1.54) is 18.4 Å². The van der Waals surface area contributed by atoms with E-state index in [2.05, 4.69) is 10.0 Å². The number of amides is 1. The molecule has 3 aromatic carbocycles. The van der Waals surface area contributed by atoms with Crippen molar-refractivity contribution >= 4 is 39.0 Å². The summed E-state index contributed by atoms with van der Waals surface area (Å²) in [6, 6.07) is 25.9. The lowest BCUT2D eigenvalue weighted by Crippen LogP contribution is -2.15. The summed E-state index contributed by atoms with van der Waals surface area (Å²) in [7, 11) is -3.76. The van der Waals surface area contributed by atoms with Crippen LogP contribution in [0.5, 0.6) is 0 Å². The van der Waals surface area contributed by atoms with Crippen molar-refractivity contribution in [1.29, 1.82) is 0 Å². The summed E-state index contributed by atoms with van der Waals surface area (Å²) in [4.78, 5) is 13.1. The van der Waals surface area contributed by atoms with Crippen molar-refractivity contribution in [3.8, 4) is 0 Å². The zero-order chi connectivity index (χ0) is 23.3. The normalized spacial score (nSPS) is 11.7. The Bertz CT molecular complexity index is 1380. The molecule has 166 valence electrons. The van der Waals surface area contributed by atoms with Gasteiger partial charge in [0.2, 0.25) is 0 Å². The Morgan fingerprint density at radius 2 is 1.55 bits per heavy atom. The van der Waals surface area contributed by atoms with E-state index in [4.69, 9.17) is 4.42 Å². The van der Waals surface area contributed by atoms with Crippen LogP contribution in [0.4, 0.5) is 11.4 Å². The van der Waals surface area contributed by atoms with Gasteiger partial charge in [-0.05, 0) is 66.6 Å². The second-order valence-electron chi connectivity index (χ2n) is 7.34. The van der Waals surface area contributed by atoms with Crippen LogP contribution in [0, 0.1) is 6.92 Å². The minimum absolute atomic E-state index is 0.0955. The molecule has 7 heteroatoms. The molecule has 0 bridgehead atoms. The number of aryl methyl sites for hydroxylation is 1. The van der Waals surface area contributed by atoms with Gasteiger partial charge < -0.3 is 9.73 Å². The Kier molecular flexibility index (Phi) is 6.42. The Hall–Kier alpha value is -4.10. The van der Waals surface area contributed by atoms with Gasteiger partial charge in [0.1, 0.15) is 5.76 Å². The molecule has 0 spiro atoms. The number of benzene rings is 3. The van der Waals surface area contributed by atoms with E-state index >= 15 is 0 Å². The summed E-state index contributed by atoms with van der Waals surface area (Å²) < 4.78 is 33.4. The molecule has 0 fully saturated rings. The summed E-state index contributed by atoms with van der Waals surface area (Å²) in [6.45, 7) is 1.83. The largest absolute Gasteiger partial charge is 0.465 e. The van der Waals surface area contributed by atoms with Crippen molar-refractivity contribution in [2.45, 2.75) is 11.8 Å². The van der Waals surface area contributed by atoms with Crippen LogP contribution in [-0.4, -0.2) is 14.3 Å². The fourth-order valence-corrected chi connectivity index (χ4v) is 4.35. The van der Waals surface area contributed by atoms with Gasteiger partial charge in [0.05, 0.1) is 22.4 Å². The van der Waals surface area contributed by atoms with E-state index in [0.717, 1.165) is 11.1 Å². The fraction of sp³-hybridized carbons (Fsp3) is 0.0385. The lowest BCUT2D eigenvalue weighted by atomic mass is 10.0. The van der Waals surface area contributed by atoms with Gasteiger partial charge in [-0.1, -0.05) is 48.5 Å². The number of nitrogens with one attached hydrogen (secondary N) is 2. The molecule has 0 saturated heterocycles. The molecular weight excluding hydrogens is 436 g/mol. The van der Waals surface area contributed by atoms with Gasteiger partial charge in [-0.2, -0.15) is 0 Å². The van der Waals surface area contributed by atoms with Gasteiger partial charge in [-0.25, -0.2) is 8.42 Å². The third kappa shape index (κ3) is 5.39. The number of carbonyl (C=O) groups is 1. The smallest absolute Gasteiger partial charge is 0.261 e. The summed E-state index contributed by atoms with van der Waals surface area (Å²) in [6.07, 6.45) is 3.20. The molecule has 0 unspecified atom stereocenters. The molecule has 0 saturated carbocycles. The number of hydrogen-bond acceptors (Lipinski definition) is 4. The van der Waals surface area contributed by atoms with Crippen LogP contribution in [0.25, 0.3) is 11.6 Å². The Balaban J connectivity index is 1.54. The Morgan fingerprint density at radius 3 is 2.21 bits per heavy atom. The van der Waals surface area contributed by atoms with E-state index in [1.807, 2.05) is 49.4 Å². The Morgan fingerprint density at radius 1 is 0.848 bits per heavy atom. The standard InChI is InChI=1S/C26H22N2O4S/c1-19-8-5-6-12-25(19)28-33(30,31)23-15-13-21(14-16-23)27-26(29)24(18-22-11-7-17-32-22)20-9-3-2-4-10-20/h2-18,28H,1H3,(H,27,29)/b24-18+. The van der Waals surface area contributed by atoms with Crippen LogP contribution >= 0.6 is 0 Å². The molecule has 1 aromatic heterocycles. The highest BCUT2D eigenvalue weighted by molar-refractivity contribution is 7.92. The van der Waals surface area contributed by atoms with Gasteiger partial charge in [0.15, 0.2) is 0 Å². The first-order valence-corrected chi connectivity index (χ1v) is 11.7. The molecule has 0 aliphatic rings. The number of furan rings is 1. The molecule has 4 aromatic rings. The summed E-state index contributed by atoms with van der Waals surface area (Å²) >= 11 is 0. The first-order chi connectivity index (χ1) is 15.9. The van der Waals surface area contributed by atoms with Crippen molar-refractivity contribution < 1.29 is 17.6 Å². The summed E-state index contributed by atoms with van der Waals surface area (Å²) in [5.74, 6) is 0.207. The maximum absolute atomic E-state index is 13.0. The second kappa shape index (κ2) is 9.58. The lowest BCUT2D eigenvalue weighted by molar-refractivity contribution is -0.111. The minimum Gasteiger partial charge on any atom is -0.465 e. The van der Waals surface area contributed by atoms with Crippen LogP contribution in [0.15, 0.2) is 107 Å². The molecule has 0 atom stereocenters. The fourth-order valence-electron chi connectivity index (χ4n) is 3.22. The van der Waals surface area contributed by atoms with E-state index < -0.39 is 10.0 Å². The predicted molar refractivity (Wildman–Crippen MR) is 130 cm³/mol. The van der Waals surface area contributed by atoms with Gasteiger partial charge >= 0.3 is 0 Å². The van der Waals surface area contributed by atoms with Crippen molar-refractivity contribution in [1.82, 2.24) is 0 Å². The third-order valence-corrected chi connectivity index (χ3v) is 6.35. The van der Waals surface area contributed by atoms with Crippen LogP contribution in [0.2, 0.25) is 0 Å². The number of carbonyl (C=O) groups excluding carboxylic acids is 1. The van der Waals surface area contributed by atoms with Crippen molar-refractivity contribution in [3.63, 3.8) is 0 Å². The van der Waals surface area contributed by atoms with Gasteiger partial charge in [-0.3, -0.25) is 9.52 Å². The molecule has 4 rings (SSSR count). The average Bonchev–Trinajstić information content (AvgIpc) is 3.33. The van der Waals surface area contributed by atoms with E-state index in [1.54, 1.807) is 42.5 Å². The molecule has 1 heterocycles. The topological polar surface area (TPSA) is 88.4 Å². The van der Waals surface area contributed by atoms with Crippen molar-refractivity contribution in [2.24, 2.45) is 0 Å². The van der Waals surface area contributed by atoms with E-state index in [-0.39, 0.29) is 10.8 Å². The monoisotopic (exact) mass is 458 g/mol. The maximum atomic E-state index is 13.0. The van der Waals surface area contributed by atoms with Crippen LogP contribution in [0.3, 0.4) is 0 Å². The first kappa shape index (κ1) is 22.1. The van der Waals surface area contributed by atoms with Gasteiger partial charge in [0, 0.05) is 5.69 Å². The molecule has 0 aliphatic heterocycles. The molecule has 33 heavy (non-hydrogen) atoms. The quantitative estimate of drug-likeness (QED) is 0.355. The maximum Gasteiger partial charge on any atom is 0.261 e. The van der Waals surface area contributed by atoms with Gasteiger partial charge in [-0.15, -0.1) is 0 Å². The van der Waals surface area contributed by atoms with E-state index in [0.29, 0.717) is 22.7 Å². The average molecular weight is 459 g/mol. The number of sulfonamides is 1. The highest BCUT2D eigenvalue weighted by atomic mass is 32.2. The van der Waals surface area contributed by atoms with Crippen LogP contribution in [-0.2, 0) is 14.8 Å². The minimum atomic E-state index is -3.76. The highest BCUT2D eigenvalue weighted by Gasteiger charge is 2.17. The number of para-hydroxylation sites is 1. The number of rotatable bonds is 7. The number of hydrogen-bond donors (Lipinski definition) is 2. The second-order valence-corrected chi connectivity index (χ2v) is 9.02. The zero-order valence-electron chi connectivity index (χ0n) is 17.9. The molecular formula is C26H22N2O4S. The van der Waals surface area contributed by atoms with Crippen LogP contribution < -0.4 is 10.0 Å². The number of anilines is 2. The van der Waals surface area contributed by atoms with Crippen LogP contribution in [0.1, 0.15) is 16.9 Å². The third-order valence-electron chi connectivity index (χ3n) is 4.97. The highest BCUT2D eigenvalue weighted by Crippen LogP contribution is 2.23. The van der Waals surface area contributed by atoms with Crippen molar-refractivity contribution in [3.05, 3.63) is 114 Å². The molecule has 0 radical (unpaired) electrons. The first-order valence-electron chi connectivity index (χ1n) is 10.2. The summed E-state index contributed by atoms with van der Waals surface area (Å²) in [5.41, 5.74) is 2.96. The molecule has 2 N–H and O–H groups in total. The van der Waals surface area contributed by atoms with E-state index in [9.17, 15) is 13.2 Å². The SMILES string of the molecule is Cc1ccccc1NS(=O)(=O)c1ccc(NC(=O)/C(=C/c2ccco2)c2ccccc2)cc1. The molecule has 6 nitrogen and oxygen atoms in total. The summed E-state index contributed by atoms with van der Waals surface area (Å²) in [5, 5.41) is 2.83. The van der Waals surface area contributed by atoms with Crippen molar-refractivity contribution in [2.75, 3.05) is 10.0 Å². The molecule has 1 amide bonds. The predicted octanol–water partition coefficient (Wildman–Crippen LogP) is 5.57. The molecule has 0 aliphatic carbocycles. The van der Waals surface area contributed by atoms with Gasteiger partial charge in [0.25, 0.3) is 15.9 Å².